The van der Waals surface area contributed by atoms with Gasteiger partial charge in [0.25, 0.3) is 5.91 Å². The van der Waals surface area contributed by atoms with E-state index in [0.29, 0.717) is 23.6 Å². The van der Waals surface area contributed by atoms with Crippen molar-refractivity contribution in [2.75, 3.05) is 0 Å². The van der Waals surface area contributed by atoms with E-state index in [-0.39, 0.29) is 5.91 Å². The highest BCUT2D eigenvalue weighted by Gasteiger charge is 2.07. The van der Waals surface area contributed by atoms with Gasteiger partial charge in [-0.25, -0.2) is 4.98 Å². The highest BCUT2D eigenvalue weighted by atomic mass is 16.3. The molecule has 0 fully saturated rings. The lowest BCUT2D eigenvalue weighted by Gasteiger charge is -2.05. The Morgan fingerprint density at radius 1 is 1.32 bits per heavy atom. The SMILES string of the molecule is Cc1nc2cc(CNC(=O)c3cccc(C#N)c3)ccc2o1. The first-order valence-corrected chi connectivity index (χ1v) is 6.80. The van der Waals surface area contributed by atoms with Crippen LogP contribution in [0.25, 0.3) is 11.1 Å². The number of carbonyl (C=O) groups is 1. The van der Waals surface area contributed by atoms with Crippen LogP contribution in [-0.2, 0) is 6.54 Å². The molecule has 0 aliphatic carbocycles. The summed E-state index contributed by atoms with van der Waals surface area (Å²) in [5, 5.41) is 11.7. The number of carbonyl (C=O) groups excluding carboxylic acids is 1. The Labute approximate surface area is 127 Å². The van der Waals surface area contributed by atoms with Gasteiger partial charge < -0.3 is 9.73 Å². The average Bonchev–Trinajstić information content (AvgIpc) is 2.91. The van der Waals surface area contributed by atoms with Crippen LogP contribution in [-0.4, -0.2) is 10.9 Å². The number of fused-ring (bicyclic) bond motifs is 1. The van der Waals surface area contributed by atoms with Gasteiger partial charge in [-0.3, -0.25) is 4.79 Å². The first kappa shape index (κ1) is 13.8. The smallest absolute Gasteiger partial charge is 0.251 e. The van der Waals surface area contributed by atoms with Gasteiger partial charge in [0.1, 0.15) is 5.52 Å². The molecule has 3 rings (SSSR count). The Morgan fingerprint density at radius 3 is 3.00 bits per heavy atom. The summed E-state index contributed by atoms with van der Waals surface area (Å²) in [6, 6.07) is 14.2. The first-order valence-electron chi connectivity index (χ1n) is 6.80. The molecule has 2 aromatic carbocycles. The average molecular weight is 291 g/mol. The summed E-state index contributed by atoms with van der Waals surface area (Å²) in [4.78, 5) is 16.4. The molecular formula is C17H13N3O2. The Balaban J connectivity index is 1.72. The van der Waals surface area contributed by atoms with Crippen LogP contribution in [0.15, 0.2) is 46.9 Å². The van der Waals surface area contributed by atoms with Crippen LogP contribution < -0.4 is 5.32 Å². The van der Waals surface area contributed by atoms with E-state index in [1.54, 1.807) is 31.2 Å². The molecule has 0 saturated carbocycles. The van der Waals surface area contributed by atoms with Crippen molar-refractivity contribution in [3.63, 3.8) is 0 Å². The Morgan fingerprint density at radius 2 is 2.18 bits per heavy atom. The second kappa shape index (κ2) is 5.70. The maximum absolute atomic E-state index is 12.1. The normalized spacial score (nSPS) is 10.4. The minimum Gasteiger partial charge on any atom is -0.441 e. The van der Waals surface area contributed by atoms with Crippen molar-refractivity contribution in [1.82, 2.24) is 10.3 Å². The number of nitrogens with zero attached hydrogens (tertiary/aromatic N) is 2. The summed E-state index contributed by atoms with van der Waals surface area (Å²) in [6.07, 6.45) is 0. The number of hydrogen-bond donors (Lipinski definition) is 1. The van der Waals surface area contributed by atoms with E-state index in [0.717, 1.165) is 16.7 Å². The van der Waals surface area contributed by atoms with Gasteiger partial charge in [0.2, 0.25) is 0 Å². The molecule has 0 atom stereocenters. The molecule has 22 heavy (non-hydrogen) atoms. The second-order valence-electron chi connectivity index (χ2n) is 4.91. The zero-order valence-electron chi connectivity index (χ0n) is 12.0. The number of amides is 1. The molecule has 0 aliphatic rings. The molecule has 0 saturated heterocycles. The summed E-state index contributed by atoms with van der Waals surface area (Å²) < 4.78 is 5.41. The lowest BCUT2D eigenvalue weighted by molar-refractivity contribution is 0.0951. The molecular weight excluding hydrogens is 278 g/mol. The number of aryl methyl sites for hydroxylation is 1. The van der Waals surface area contributed by atoms with Crippen molar-refractivity contribution in [3.8, 4) is 6.07 Å². The third-order valence-electron chi connectivity index (χ3n) is 3.27. The van der Waals surface area contributed by atoms with E-state index in [2.05, 4.69) is 10.3 Å². The van der Waals surface area contributed by atoms with E-state index >= 15 is 0 Å². The summed E-state index contributed by atoms with van der Waals surface area (Å²) in [7, 11) is 0. The molecule has 5 nitrogen and oxygen atoms in total. The molecule has 1 amide bonds. The fraction of sp³-hybridized carbons (Fsp3) is 0.118. The monoisotopic (exact) mass is 291 g/mol. The summed E-state index contributed by atoms with van der Waals surface area (Å²) in [6.45, 7) is 2.18. The van der Waals surface area contributed by atoms with E-state index in [1.165, 1.54) is 0 Å². The van der Waals surface area contributed by atoms with Crippen molar-refractivity contribution < 1.29 is 9.21 Å². The summed E-state index contributed by atoms with van der Waals surface area (Å²) in [5.41, 5.74) is 3.38. The third kappa shape index (κ3) is 2.81. The molecule has 0 unspecified atom stereocenters. The molecule has 0 radical (unpaired) electrons. The maximum Gasteiger partial charge on any atom is 0.251 e. The highest BCUT2D eigenvalue weighted by Crippen LogP contribution is 2.16. The van der Waals surface area contributed by atoms with E-state index in [1.807, 2.05) is 24.3 Å². The topological polar surface area (TPSA) is 78.9 Å². The highest BCUT2D eigenvalue weighted by molar-refractivity contribution is 5.94. The predicted molar refractivity (Wildman–Crippen MR) is 81.1 cm³/mol. The van der Waals surface area contributed by atoms with Crippen molar-refractivity contribution in [3.05, 3.63) is 65.0 Å². The Kier molecular flexibility index (Phi) is 3.58. The van der Waals surface area contributed by atoms with Gasteiger partial charge >= 0.3 is 0 Å². The lowest BCUT2D eigenvalue weighted by atomic mass is 10.1. The Hall–Kier alpha value is -3.13. The standard InChI is InChI=1S/C17H13N3O2/c1-11-20-15-8-13(5-6-16(15)22-11)10-19-17(21)14-4-2-3-12(7-14)9-18/h2-8H,10H2,1H3,(H,19,21). The van der Waals surface area contributed by atoms with E-state index in [4.69, 9.17) is 9.68 Å². The second-order valence-corrected chi connectivity index (χ2v) is 4.91. The number of rotatable bonds is 3. The molecule has 0 aliphatic heterocycles. The molecule has 5 heteroatoms. The molecule has 1 N–H and O–H groups in total. The quantitative estimate of drug-likeness (QED) is 0.804. The van der Waals surface area contributed by atoms with Crippen molar-refractivity contribution in [1.29, 1.82) is 5.26 Å². The number of nitriles is 1. The number of aromatic nitrogens is 1. The largest absolute Gasteiger partial charge is 0.441 e. The van der Waals surface area contributed by atoms with Crippen LogP contribution in [0.4, 0.5) is 0 Å². The predicted octanol–water partition coefficient (Wildman–Crippen LogP) is 2.94. The number of nitrogens with one attached hydrogen (secondary N) is 1. The van der Waals surface area contributed by atoms with Crippen LogP contribution in [0.1, 0.15) is 27.4 Å². The third-order valence-corrected chi connectivity index (χ3v) is 3.27. The van der Waals surface area contributed by atoms with Gasteiger partial charge in [-0.15, -0.1) is 0 Å². The first-order chi connectivity index (χ1) is 10.7. The van der Waals surface area contributed by atoms with Crippen LogP contribution >= 0.6 is 0 Å². The number of oxazole rings is 1. The number of benzene rings is 2. The minimum atomic E-state index is -0.214. The number of hydrogen-bond acceptors (Lipinski definition) is 4. The van der Waals surface area contributed by atoms with Gasteiger partial charge in [0, 0.05) is 19.0 Å². The molecule has 3 aromatic rings. The van der Waals surface area contributed by atoms with Gasteiger partial charge in [0.15, 0.2) is 11.5 Å². The summed E-state index contributed by atoms with van der Waals surface area (Å²) in [5.74, 6) is 0.401. The van der Waals surface area contributed by atoms with Gasteiger partial charge in [-0.1, -0.05) is 12.1 Å². The van der Waals surface area contributed by atoms with E-state index in [9.17, 15) is 4.79 Å². The van der Waals surface area contributed by atoms with Gasteiger partial charge in [-0.2, -0.15) is 5.26 Å². The van der Waals surface area contributed by atoms with Crippen LogP contribution in [0.5, 0.6) is 0 Å². The molecule has 0 bridgehead atoms. The van der Waals surface area contributed by atoms with Crippen LogP contribution in [0.2, 0.25) is 0 Å². The Bertz CT molecular complexity index is 890. The van der Waals surface area contributed by atoms with Gasteiger partial charge in [0.05, 0.1) is 11.6 Å². The zero-order valence-corrected chi connectivity index (χ0v) is 12.0. The zero-order chi connectivity index (χ0) is 15.5. The molecule has 108 valence electrons. The van der Waals surface area contributed by atoms with Gasteiger partial charge in [-0.05, 0) is 35.9 Å². The summed E-state index contributed by atoms with van der Waals surface area (Å²) >= 11 is 0. The lowest BCUT2D eigenvalue weighted by Crippen LogP contribution is -2.22. The van der Waals surface area contributed by atoms with Crippen molar-refractivity contribution in [2.45, 2.75) is 13.5 Å². The van der Waals surface area contributed by atoms with E-state index < -0.39 is 0 Å². The minimum absolute atomic E-state index is 0.214. The fourth-order valence-electron chi connectivity index (χ4n) is 2.21. The molecule has 0 spiro atoms. The molecule has 1 aromatic heterocycles. The molecule has 1 heterocycles. The maximum atomic E-state index is 12.1. The van der Waals surface area contributed by atoms with Crippen LogP contribution in [0.3, 0.4) is 0 Å². The van der Waals surface area contributed by atoms with Crippen LogP contribution in [0, 0.1) is 18.3 Å². The van der Waals surface area contributed by atoms with Crippen molar-refractivity contribution >= 4 is 17.0 Å². The van der Waals surface area contributed by atoms with Crippen molar-refractivity contribution in [2.24, 2.45) is 0 Å². The fourth-order valence-corrected chi connectivity index (χ4v) is 2.21.